The van der Waals surface area contributed by atoms with Gasteiger partial charge in [0.2, 0.25) is 11.8 Å². The van der Waals surface area contributed by atoms with E-state index in [1.807, 2.05) is 17.5 Å². The van der Waals surface area contributed by atoms with Crippen LogP contribution in [0.25, 0.3) is 0 Å². The molecule has 0 saturated carbocycles. The molecule has 9 heteroatoms. The van der Waals surface area contributed by atoms with Crippen molar-refractivity contribution in [2.24, 2.45) is 0 Å². The molecule has 29 heavy (non-hydrogen) atoms. The van der Waals surface area contributed by atoms with E-state index in [1.165, 1.54) is 23.5 Å². The quantitative estimate of drug-likeness (QED) is 0.524. The van der Waals surface area contributed by atoms with Gasteiger partial charge in [-0.05, 0) is 29.1 Å². The van der Waals surface area contributed by atoms with Crippen LogP contribution in [0.15, 0.2) is 41.8 Å². The fourth-order valence-electron chi connectivity index (χ4n) is 2.93. The first-order valence-corrected chi connectivity index (χ1v) is 9.89. The number of thiophene rings is 1. The second-order valence-corrected chi connectivity index (χ2v) is 7.40. The predicted molar refractivity (Wildman–Crippen MR) is 102 cm³/mol. The van der Waals surface area contributed by atoms with Crippen LogP contribution in [0.5, 0.6) is 0 Å². The number of likely N-dealkylation sites (tertiary alicyclic amines) is 1. The Morgan fingerprint density at radius 3 is 2.45 bits per heavy atom. The lowest BCUT2D eigenvalue weighted by atomic mass is 10.1. The Balaban J connectivity index is 1.52. The van der Waals surface area contributed by atoms with Gasteiger partial charge in [-0.2, -0.15) is 0 Å². The molecule has 1 aliphatic heterocycles. The van der Waals surface area contributed by atoms with Crippen molar-refractivity contribution >= 4 is 35.0 Å². The average Bonchev–Trinajstić information content (AvgIpc) is 3.34. The van der Waals surface area contributed by atoms with Gasteiger partial charge in [-0.15, -0.1) is 11.3 Å². The highest BCUT2D eigenvalue weighted by Crippen LogP contribution is 2.26. The van der Waals surface area contributed by atoms with Crippen LogP contribution in [0.4, 0.5) is 4.39 Å². The summed E-state index contributed by atoms with van der Waals surface area (Å²) in [6, 6.07) is 8.96. The number of hydrogen-bond donors (Lipinski definition) is 1. The Bertz CT molecular complexity index is 882. The molecule has 1 atom stereocenters. The molecule has 0 spiro atoms. The molecule has 2 heterocycles. The van der Waals surface area contributed by atoms with Crippen molar-refractivity contribution in [2.45, 2.75) is 25.3 Å². The van der Waals surface area contributed by atoms with Gasteiger partial charge >= 0.3 is 5.97 Å². The van der Waals surface area contributed by atoms with Crippen LogP contribution >= 0.6 is 11.3 Å². The molecular formula is C20H19FN2O5S. The van der Waals surface area contributed by atoms with Crippen LogP contribution in [0.3, 0.4) is 0 Å². The fourth-order valence-corrected chi connectivity index (χ4v) is 3.73. The van der Waals surface area contributed by atoms with Gasteiger partial charge in [0.1, 0.15) is 5.82 Å². The monoisotopic (exact) mass is 418 g/mol. The molecule has 1 aromatic heterocycles. The second-order valence-electron chi connectivity index (χ2n) is 6.42. The van der Waals surface area contributed by atoms with Crippen molar-refractivity contribution < 1.29 is 28.3 Å². The summed E-state index contributed by atoms with van der Waals surface area (Å²) in [6.45, 7) is -0.546. The number of imide groups is 1. The van der Waals surface area contributed by atoms with E-state index in [9.17, 15) is 23.6 Å². The lowest BCUT2D eigenvalue weighted by molar-refractivity contribution is -0.149. The van der Waals surface area contributed by atoms with E-state index in [1.54, 1.807) is 12.1 Å². The van der Waals surface area contributed by atoms with Crippen LogP contribution < -0.4 is 5.32 Å². The summed E-state index contributed by atoms with van der Waals surface area (Å²) in [5.74, 6) is -2.19. The van der Waals surface area contributed by atoms with E-state index in [2.05, 4.69) is 5.32 Å². The number of nitrogens with one attached hydrogen (secondary N) is 1. The van der Waals surface area contributed by atoms with E-state index in [4.69, 9.17) is 4.74 Å². The highest BCUT2D eigenvalue weighted by molar-refractivity contribution is 7.10. The van der Waals surface area contributed by atoms with Crippen molar-refractivity contribution in [1.82, 2.24) is 10.2 Å². The number of carbonyl (C=O) groups is 4. The summed E-state index contributed by atoms with van der Waals surface area (Å²) in [4.78, 5) is 49.0. The first-order chi connectivity index (χ1) is 13.9. The Morgan fingerprint density at radius 2 is 1.83 bits per heavy atom. The summed E-state index contributed by atoms with van der Waals surface area (Å²) in [6.07, 6.45) is 0.143. The van der Waals surface area contributed by atoms with E-state index in [0.717, 1.165) is 9.78 Å². The second kappa shape index (κ2) is 9.42. The van der Waals surface area contributed by atoms with Crippen molar-refractivity contribution in [2.75, 3.05) is 13.2 Å². The normalized spacial score (nSPS) is 14.7. The fraction of sp³-hybridized carbons (Fsp3) is 0.300. The molecule has 0 aliphatic carbocycles. The number of rotatable bonds is 8. The SMILES string of the molecule is O=C(COC(=O)CCN1C(=O)CCC1=O)NC(c1ccc(F)cc1)c1cccs1. The molecule has 2 aromatic rings. The molecule has 1 unspecified atom stereocenters. The van der Waals surface area contributed by atoms with Gasteiger partial charge in [0.05, 0.1) is 12.5 Å². The highest BCUT2D eigenvalue weighted by atomic mass is 32.1. The smallest absolute Gasteiger partial charge is 0.308 e. The van der Waals surface area contributed by atoms with Crippen molar-refractivity contribution in [1.29, 1.82) is 0 Å². The number of esters is 1. The van der Waals surface area contributed by atoms with Crippen LogP contribution in [0, 0.1) is 5.82 Å². The van der Waals surface area contributed by atoms with Crippen molar-refractivity contribution in [3.8, 4) is 0 Å². The lowest BCUT2D eigenvalue weighted by Gasteiger charge is -2.18. The third-order valence-electron chi connectivity index (χ3n) is 4.39. The first kappa shape index (κ1) is 20.7. The Labute approximate surface area is 170 Å². The summed E-state index contributed by atoms with van der Waals surface area (Å²) in [7, 11) is 0. The van der Waals surface area contributed by atoms with Gasteiger partial charge in [-0.1, -0.05) is 18.2 Å². The van der Waals surface area contributed by atoms with Gasteiger partial charge in [0, 0.05) is 24.3 Å². The zero-order chi connectivity index (χ0) is 20.8. The van der Waals surface area contributed by atoms with Crippen LogP contribution in [0.1, 0.15) is 35.7 Å². The Hall–Kier alpha value is -3.07. The minimum Gasteiger partial charge on any atom is -0.456 e. The topological polar surface area (TPSA) is 92.8 Å². The maximum absolute atomic E-state index is 13.2. The zero-order valence-corrected chi connectivity index (χ0v) is 16.2. The van der Waals surface area contributed by atoms with Crippen molar-refractivity contribution in [3.63, 3.8) is 0 Å². The first-order valence-electron chi connectivity index (χ1n) is 9.01. The third kappa shape index (κ3) is 5.47. The molecule has 1 N–H and O–H groups in total. The van der Waals surface area contributed by atoms with Crippen LogP contribution in [-0.2, 0) is 23.9 Å². The maximum Gasteiger partial charge on any atom is 0.308 e. The summed E-state index contributed by atoms with van der Waals surface area (Å²) < 4.78 is 18.2. The number of halogens is 1. The third-order valence-corrected chi connectivity index (χ3v) is 5.33. The number of carbonyl (C=O) groups excluding carboxylic acids is 4. The zero-order valence-electron chi connectivity index (χ0n) is 15.4. The van der Waals surface area contributed by atoms with E-state index >= 15 is 0 Å². The van der Waals surface area contributed by atoms with Crippen molar-refractivity contribution in [3.05, 3.63) is 58.0 Å². The molecule has 1 aliphatic rings. The molecule has 1 fully saturated rings. The highest BCUT2D eigenvalue weighted by Gasteiger charge is 2.29. The van der Waals surface area contributed by atoms with Crippen LogP contribution in [-0.4, -0.2) is 41.7 Å². The van der Waals surface area contributed by atoms with E-state index in [-0.39, 0.29) is 43.4 Å². The van der Waals surface area contributed by atoms with Gasteiger partial charge in [0.25, 0.3) is 5.91 Å². The van der Waals surface area contributed by atoms with Gasteiger partial charge in [-0.3, -0.25) is 24.1 Å². The Kier molecular flexibility index (Phi) is 6.71. The minimum atomic E-state index is -0.679. The number of nitrogens with zero attached hydrogens (tertiary/aromatic N) is 1. The maximum atomic E-state index is 13.2. The summed E-state index contributed by atoms with van der Waals surface area (Å²) in [5.41, 5.74) is 0.694. The molecule has 1 aromatic carbocycles. The average molecular weight is 418 g/mol. The number of ether oxygens (including phenoxy) is 1. The molecule has 3 amide bonds. The van der Waals surface area contributed by atoms with Crippen LogP contribution in [0.2, 0.25) is 0 Å². The predicted octanol–water partition coefficient (Wildman–Crippen LogP) is 2.18. The number of amides is 3. The lowest BCUT2D eigenvalue weighted by Crippen LogP contribution is -2.34. The largest absolute Gasteiger partial charge is 0.456 e. The molecule has 152 valence electrons. The molecule has 0 radical (unpaired) electrons. The van der Waals surface area contributed by atoms with E-state index in [0.29, 0.717) is 5.56 Å². The van der Waals surface area contributed by atoms with Gasteiger partial charge in [0.15, 0.2) is 6.61 Å². The molecule has 7 nitrogen and oxygen atoms in total. The number of benzene rings is 1. The minimum absolute atomic E-state index is 0.0501. The summed E-state index contributed by atoms with van der Waals surface area (Å²) >= 11 is 1.43. The molecule has 0 bridgehead atoms. The Morgan fingerprint density at radius 1 is 1.14 bits per heavy atom. The molecular weight excluding hydrogens is 399 g/mol. The number of hydrogen-bond acceptors (Lipinski definition) is 6. The molecule has 3 rings (SSSR count). The summed E-state index contributed by atoms with van der Waals surface area (Å²) in [5, 5.41) is 4.64. The standard InChI is InChI=1S/C20H19FN2O5S/c21-14-5-3-13(4-6-14)20(15-2-1-11-29-15)22-16(24)12-28-19(27)9-10-23-17(25)7-8-18(23)26/h1-6,11,20H,7-10,12H2,(H,22,24). The molecule has 1 saturated heterocycles. The van der Waals surface area contributed by atoms with Gasteiger partial charge in [-0.25, -0.2) is 4.39 Å². The van der Waals surface area contributed by atoms with E-state index < -0.39 is 24.5 Å². The van der Waals surface area contributed by atoms with Gasteiger partial charge < -0.3 is 10.1 Å².